The molecule has 2 aromatic heterocycles. The lowest BCUT2D eigenvalue weighted by Crippen LogP contribution is -2.22. The molecule has 4 rings (SSSR count). The Labute approximate surface area is 150 Å². The van der Waals surface area contributed by atoms with Gasteiger partial charge in [-0.05, 0) is 30.0 Å². The molecule has 0 unspecified atom stereocenters. The Morgan fingerprint density at radius 3 is 2.96 bits per heavy atom. The summed E-state index contributed by atoms with van der Waals surface area (Å²) in [6.45, 7) is 3.79. The number of hydrogen-bond acceptors (Lipinski definition) is 4. The molecule has 6 heteroatoms. The summed E-state index contributed by atoms with van der Waals surface area (Å²) in [4.78, 5) is 14.6. The predicted molar refractivity (Wildman–Crippen MR) is 98.7 cm³/mol. The molecule has 0 radical (unpaired) electrons. The molecule has 25 heavy (non-hydrogen) atoms. The molecule has 1 aliphatic heterocycles. The van der Waals surface area contributed by atoms with E-state index in [1.165, 1.54) is 20.7 Å². The van der Waals surface area contributed by atoms with Crippen molar-refractivity contribution >= 4 is 27.4 Å². The second kappa shape index (κ2) is 6.98. The lowest BCUT2D eigenvalue weighted by Gasteiger charge is -2.18. The Morgan fingerprint density at radius 2 is 2.12 bits per heavy atom. The molecule has 1 aromatic carbocycles. The van der Waals surface area contributed by atoms with Gasteiger partial charge in [0, 0.05) is 42.2 Å². The molecular formula is C19H21N3O2S. The van der Waals surface area contributed by atoms with Crippen LogP contribution >= 0.6 is 11.3 Å². The Kier molecular flexibility index (Phi) is 4.55. The first kappa shape index (κ1) is 16.3. The van der Waals surface area contributed by atoms with E-state index in [4.69, 9.17) is 5.11 Å². The zero-order chi connectivity index (χ0) is 17.2. The highest BCUT2D eigenvalue weighted by Crippen LogP contribution is 2.27. The Morgan fingerprint density at radius 1 is 1.24 bits per heavy atom. The number of aryl methyl sites for hydroxylation is 2. The summed E-state index contributed by atoms with van der Waals surface area (Å²) in [5, 5.41) is 14.8. The lowest BCUT2D eigenvalue weighted by molar-refractivity contribution is -0.136. The summed E-state index contributed by atoms with van der Waals surface area (Å²) in [5.41, 5.74) is 2.08. The summed E-state index contributed by atoms with van der Waals surface area (Å²) in [7, 11) is 0. The van der Waals surface area contributed by atoms with Gasteiger partial charge in [-0.1, -0.05) is 18.2 Å². The van der Waals surface area contributed by atoms with Gasteiger partial charge in [-0.3, -0.25) is 14.4 Å². The SMILES string of the molecule is O=C(O)CCc1cc2n(n1)CCCN(Cc1cc3ccccc3s1)C2. The fraction of sp³-hybridized carbons (Fsp3) is 0.368. The first-order valence-corrected chi connectivity index (χ1v) is 9.46. The highest BCUT2D eigenvalue weighted by atomic mass is 32.1. The zero-order valence-electron chi connectivity index (χ0n) is 14.0. The molecule has 5 nitrogen and oxygen atoms in total. The van der Waals surface area contributed by atoms with Gasteiger partial charge in [0.25, 0.3) is 0 Å². The second-order valence-electron chi connectivity index (χ2n) is 6.56. The van der Waals surface area contributed by atoms with Gasteiger partial charge in [0.2, 0.25) is 0 Å². The van der Waals surface area contributed by atoms with E-state index in [1.54, 1.807) is 0 Å². The quantitative estimate of drug-likeness (QED) is 0.761. The first-order chi connectivity index (χ1) is 12.2. The van der Waals surface area contributed by atoms with Crippen molar-refractivity contribution in [1.29, 1.82) is 0 Å². The highest BCUT2D eigenvalue weighted by Gasteiger charge is 2.18. The van der Waals surface area contributed by atoms with E-state index in [2.05, 4.69) is 51.1 Å². The zero-order valence-corrected chi connectivity index (χ0v) is 14.8. The highest BCUT2D eigenvalue weighted by molar-refractivity contribution is 7.19. The minimum atomic E-state index is -0.769. The molecule has 0 saturated heterocycles. The summed E-state index contributed by atoms with van der Waals surface area (Å²) in [5.74, 6) is -0.769. The van der Waals surface area contributed by atoms with Crippen LogP contribution in [0.1, 0.15) is 29.1 Å². The molecule has 1 N–H and O–H groups in total. The summed E-state index contributed by atoms with van der Waals surface area (Å²) >= 11 is 1.87. The topological polar surface area (TPSA) is 58.4 Å². The maximum atomic E-state index is 10.8. The molecule has 3 heterocycles. The van der Waals surface area contributed by atoms with Crippen LogP contribution < -0.4 is 0 Å². The van der Waals surface area contributed by atoms with E-state index >= 15 is 0 Å². The third-order valence-corrected chi connectivity index (χ3v) is 5.70. The molecule has 0 atom stereocenters. The number of carbonyl (C=O) groups is 1. The Balaban J connectivity index is 1.47. The van der Waals surface area contributed by atoms with E-state index in [0.717, 1.165) is 38.3 Å². The van der Waals surface area contributed by atoms with Crippen LogP contribution in [0.3, 0.4) is 0 Å². The second-order valence-corrected chi connectivity index (χ2v) is 7.73. The molecule has 0 amide bonds. The number of hydrogen-bond donors (Lipinski definition) is 1. The van der Waals surface area contributed by atoms with Gasteiger partial charge >= 0.3 is 5.97 Å². The molecule has 0 aliphatic carbocycles. The molecule has 3 aromatic rings. The number of carboxylic acids is 1. The van der Waals surface area contributed by atoms with E-state index in [0.29, 0.717) is 6.42 Å². The normalized spacial score (nSPS) is 15.2. The van der Waals surface area contributed by atoms with Gasteiger partial charge in [0.15, 0.2) is 0 Å². The molecular weight excluding hydrogens is 334 g/mol. The van der Waals surface area contributed by atoms with E-state index in [-0.39, 0.29) is 6.42 Å². The number of carboxylic acid groups (broad SMARTS) is 1. The van der Waals surface area contributed by atoms with Gasteiger partial charge in [0.05, 0.1) is 17.8 Å². The fourth-order valence-electron chi connectivity index (χ4n) is 3.42. The van der Waals surface area contributed by atoms with Gasteiger partial charge in [-0.25, -0.2) is 0 Å². The largest absolute Gasteiger partial charge is 0.481 e. The maximum Gasteiger partial charge on any atom is 0.303 e. The lowest BCUT2D eigenvalue weighted by atomic mass is 10.2. The predicted octanol–water partition coefficient (Wildman–Crippen LogP) is 3.52. The van der Waals surface area contributed by atoms with E-state index < -0.39 is 5.97 Å². The smallest absolute Gasteiger partial charge is 0.303 e. The van der Waals surface area contributed by atoms with Crippen LogP contribution in [-0.2, 0) is 30.8 Å². The number of benzene rings is 1. The monoisotopic (exact) mass is 355 g/mol. The number of rotatable bonds is 5. The van der Waals surface area contributed by atoms with Crippen LogP contribution in [0.2, 0.25) is 0 Å². The first-order valence-electron chi connectivity index (χ1n) is 8.64. The van der Waals surface area contributed by atoms with Crippen molar-refractivity contribution in [3.8, 4) is 0 Å². The molecule has 0 spiro atoms. The van der Waals surface area contributed by atoms with Crippen LogP contribution in [0.25, 0.3) is 10.1 Å². The summed E-state index contributed by atoms with van der Waals surface area (Å²) < 4.78 is 3.40. The molecule has 0 saturated carbocycles. The van der Waals surface area contributed by atoms with Crippen molar-refractivity contribution in [1.82, 2.24) is 14.7 Å². The number of aromatic nitrogens is 2. The van der Waals surface area contributed by atoms with Crippen LogP contribution in [-0.4, -0.2) is 32.3 Å². The van der Waals surface area contributed by atoms with Crippen molar-refractivity contribution in [2.24, 2.45) is 0 Å². The maximum absolute atomic E-state index is 10.8. The summed E-state index contributed by atoms with van der Waals surface area (Å²) in [6, 6.07) is 12.9. The Hall–Kier alpha value is -2.18. The average molecular weight is 355 g/mol. The van der Waals surface area contributed by atoms with Gasteiger partial charge in [-0.2, -0.15) is 5.10 Å². The van der Waals surface area contributed by atoms with Crippen molar-refractivity contribution in [2.45, 2.75) is 38.9 Å². The summed E-state index contributed by atoms with van der Waals surface area (Å²) in [6.07, 6.45) is 1.71. The molecule has 1 aliphatic rings. The van der Waals surface area contributed by atoms with E-state index in [1.807, 2.05) is 11.3 Å². The number of nitrogens with zero attached hydrogens (tertiary/aromatic N) is 3. The van der Waals surface area contributed by atoms with Crippen LogP contribution in [0.4, 0.5) is 0 Å². The van der Waals surface area contributed by atoms with Gasteiger partial charge < -0.3 is 5.11 Å². The number of aliphatic carboxylic acids is 1. The third-order valence-electron chi connectivity index (χ3n) is 4.59. The molecule has 0 fully saturated rings. The van der Waals surface area contributed by atoms with Crippen LogP contribution in [0, 0.1) is 0 Å². The fourth-order valence-corrected chi connectivity index (χ4v) is 4.52. The van der Waals surface area contributed by atoms with Crippen molar-refractivity contribution in [3.63, 3.8) is 0 Å². The van der Waals surface area contributed by atoms with Gasteiger partial charge in [0.1, 0.15) is 0 Å². The average Bonchev–Trinajstić information content (AvgIpc) is 3.11. The number of fused-ring (bicyclic) bond motifs is 2. The minimum Gasteiger partial charge on any atom is -0.481 e. The molecule has 130 valence electrons. The number of thiophene rings is 1. The van der Waals surface area contributed by atoms with E-state index in [9.17, 15) is 4.79 Å². The Bertz CT molecular complexity index is 866. The standard InChI is InChI=1S/C19H21N3O2S/c23-19(24)7-6-15-11-16-12-21(8-3-9-22(16)20-15)13-17-10-14-4-1-2-5-18(14)25-17/h1-2,4-5,10-11H,3,6-9,12-13H2,(H,23,24). The van der Waals surface area contributed by atoms with Crippen LogP contribution in [0.15, 0.2) is 36.4 Å². The van der Waals surface area contributed by atoms with Crippen molar-refractivity contribution in [3.05, 3.63) is 52.7 Å². The van der Waals surface area contributed by atoms with Crippen molar-refractivity contribution < 1.29 is 9.90 Å². The van der Waals surface area contributed by atoms with Gasteiger partial charge in [-0.15, -0.1) is 11.3 Å². The third kappa shape index (κ3) is 3.75. The van der Waals surface area contributed by atoms with Crippen LogP contribution in [0.5, 0.6) is 0 Å². The van der Waals surface area contributed by atoms with Crippen molar-refractivity contribution in [2.75, 3.05) is 6.54 Å². The molecule has 0 bridgehead atoms. The minimum absolute atomic E-state index is 0.141.